The van der Waals surface area contributed by atoms with E-state index in [0.717, 1.165) is 52.1 Å². The van der Waals surface area contributed by atoms with Gasteiger partial charge in [0, 0.05) is 26.2 Å². The summed E-state index contributed by atoms with van der Waals surface area (Å²) in [5, 5.41) is 12.5. The van der Waals surface area contributed by atoms with Crippen LogP contribution >= 0.6 is 0 Å². The van der Waals surface area contributed by atoms with Crippen LogP contribution in [0.15, 0.2) is 0 Å². The lowest BCUT2D eigenvalue weighted by molar-refractivity contribution is -0.144. The first-order valence-electron chi connectivity index (χ1n) is 7.37. The maximum absolute atomic E-state index is 11.4. The van der Waals surface area contributed by atoms with Gasteiger partial charge in [0.15, 0.2) is 0 Å². The molecule has 0 aromatic carbocycles. The summed E-state index contributed by atoms with van der Waals surface area (Å²) in [6.45, 7) is 10.1. The number of aliphatic carboxylic acids is 1. The number of hydrogen-bond donors (Lipinski definition) is 2. The lowest BCUT2D eigenvalue weighted by Crippen LogP contribution is -2.50. The quantitative estimate of drug-likeness (QED) is 0.686. The van der Waals surface area contributed by atoms with E-state index >= 15 is 0 Å². The monoisotopic (exact) mass is 271 g/mol. The third-order valence-electron chi connectivity index (χ3n) is 3.98. The second kappa shape index (κ2) is 7.82. The van der Waals surface area contributed by atoms with Crippen LogP contribution in [-0.4, -0.2) is 72.7 Å². The minimum absolute atomic E-state index is 0.689. The van der Waals surface area contributed by atoms with Crippen LogP contribution in [0, 0.1) is 0 Å². The van der Waals surface area contributed by atoms with Crippen LogP contribution in [0.5, 0.6) is 0 Å². The van der Waals surface area contributed by atoms with Crippen molar-refractivity contribution < 1.29 is 9.90 Å². The van der Waals surface area contributed by atoms with Crippen molar-refractivity contribution in [3.05, 3.63) is 0 Å². The molecule has 1 fully saturated rings. The number of rotatable bonds is 8. The fraction of sp³-hybridized carbons (Fsp3) is 0.929. The molecule has 19 heavy (non-hydrogen) atoms. The Balaban J connectivity index is 2.30. The fourth-order valence-electron chi connectivity index (χ4n) is 2.40. The second-order valence-electron chi connectivity index (χ2n) is 5.81. The zero-order valence-corrected chi connectivity index (χ0v) is 12.6. The molecule has 0 saturated carbocycles. The number of carboxylic acids is 1. The SMILES string of the molecule is CCCNC(C)(CCCN1CCN(C)CC1)C(=O)O. The molecule has 0 radical (unpaired) electrons. The summed E-state index contributed by atoms with van der Waals surface area (Å²) in [7, 11) is 2.15. The van der Waals surface area contributed by atoms with E-state index in [2.05, 4.69) is 29.1 Å². The maximum atomic E-state index is 11.4. The standard InChI is InChI=1S/C14H29N3O2/c1-4-7-15-14(2,13(18)19)6-5-8-17-11-9-16(3)10-12-17/h15H,4-12H2,1-3H3,(H,18,19). The van der Waals surface area contributed by atoms with Gasteiger partial charge in [-0.1, -0.05) is 6.92 Å². The van der Waals surface area contributed by atoms with Gasteiger partial charge >= 0.3 is 5.97 Å². The van der Waals surface area contributed by atoms with Crippen molar-refractivity contribution in [3.63, 3.8) is 0 Å². The van der Waals surface area contributed by atoms with E-state index in [9.17, 15) is 9.90 Å². The van der Waals surface area contributed by atoms with E-state index in [1.54, 1.807) is 6.92 Å². The molecule has 1 rings (SSSR count). The van der Waals surface area contributed by atoms with Gasteiger partial charge in [-0.15, -0.1) is 0 Å². The molecule has 1 aliphatic rings. The van der Waals surface area contributed by atoms with Crippen LogP contribution in [-0.2, 0) is 4.79 Å². The lowest BCUT2D eigenvalue weighted by Gasteiger charge is -2.33. The zero-order chi connectivity index (χ0) is 14.3. The Kier molecular flexibility index (Phi) is 6.75. The molecule has 0 spiro atoms. The van der Waals surface area contributed by atoms with Crippen LogP contribution in [0.3, 0.4) is 0 Å². The number of nitrogens with one attached hydrogen (secondary N) is 1. The van der Waals surface area contributed by atoms with Gasteiger partial charge in [0.1, 0.15) is 5.54 Å². The smallest absolute Gasteiger partial charge is 0.323 e. The Morgan fingerprint density at radius 2 is 1.95 bits per heavy atom. The number of carbonyl (C=O) groups is 1. The summed E-state index contributed by atoms with van der Waals surface area (Å²) < 4.78 is 0. The predicted molar refractivity (Wildman–Crippen MR) is 77.5 cm³/mol. The highest BCUT2D eigenvalue weighted by Crippen LogP contribution is 2.14. The van der Waals surface area contributed by atoms with Gasteiger partial charge in [0.05, 0.1) is 0 Å². The number of carboxylic acid groups (broad SMARTS) is 1. The van der Waals surface area contributed by atoms with Crippen molar-refractivity contribution in [2.24, 2.45) is 0 Å². The van der Waals surface area contributed by atoms with E-state index in [-0.39, 0.29) is 0 Å². The summed E-state index contributed by atoms with van der Waals surface area (Å²) in [5.41, 5.74) is -0.775. The molecule has 1 saturated heterocycles. The van der Waals surface area contributed by atoms with E-state index in [0.29, 0.717) is 6.42 Å². The topological polar surface area (TPSA) is 55.8 Å². The van der Waals surface area contributed by atoms with Gasteiger partial charge in [-0.2, -0.15) is 0 Å². The van der Waals surface area contributed by atoms with Crippen molar-refractivity contribution in [1.82, 2.24) is 15.1 Å². The van der Waals surface area contributed by atoms with Gasteiger partial charge in [-0.3, -0.25) is 4.79 Å². The molecule has 0 aliphatic carbocycles. The van der Waals surface area contributed by atoms with Gasteiger partial charge < -0.3 is 20.2 Å². The minimum Gasteiger partial charge on any atom is -0.480 e. The van der Waals surface area contributed by atoms with Gasteiger partial charge in [0.2, 0.25) is 0 Å². The molecule has 2 N–H and O–H groups in total. The normalized spacial score (nSPS) is 21.2. The minimum atomic E-state index is -0.775. The molecule has 5 nitrogen and oxygen atoms in total. The predicted octanol–water partition coefficient (Wildman–Crippen LogP) is 0.857. The molecule has 0 bridgehead atoms. The highest BCUT2D eigenvalue weighted by atomic mass is 16.4. The average molecular weight is 271 g/mol. The molecule has 1 atom stereocenters. The Morgan fingerprint density at radius 1 is 1.32 bits per heavy atom. The summed E-state index contributed by atoms with van der Waals surface area (Å²) in [5.74, 6) is -0.737. The van der Waals surface area contributed by atoms with Crippen LogP contribution in [0.1, 0.15) is 33.1 Å². The molecular weight excluding hydrogens is 242 g/mol. The molecule has 0 aromatic rings. The van der Waals surface area contributed by atoms with Crippen LogP contribution < -0.4 is 5.32 Å². The van der Waals surface area contributed by atoms with E-state index in [1.165, 1.54) is 0 Å². The highest BCUT2D eigenvalue weighted by Gasteiger charge is 2.31. The largest absolute Gasteiger partial charge is 0.480 e. The number of hydrogen-bond acceptors (Lipinski definition) is 4. The van der Waals surface area contributed by atoms with Crippen molar-refractivity contribution >= 4 is 5.97 Å². The summed E-state index contributed by atoms with van der Waals surface area (Å²) in [4.78, 5) is 16.1. The van der Waals surface area contributed by atoms with E-state index in [4.69, 9.17) is 0 Å². The first kappa shape index (κ1) is 16.4. The molecule has 1 unspecified atom stereocenters. The number of piperazine rings is 1. The maximum Gasteiger partial charge on any atom is 0.323 e. The van der Waals surface area contributed by atoms with E-state index < -0.39 is 11.5 Å². The third-order valence-corrected chi connectivity index (χ3v) is 3.98. The summed E-state index contributed by atoms with van der Waals surface area (Å²) in [6.07, 6.45) is 2.58. The lowest BCUT2D eigenvalue weighted by atomic mass is 9.95. The number of likely N-dealkylation sites (N-methyl/N-ethyl adjacent to an activating group) is 1. The summed E-state index contributed by atoms with van der Waals surface area (Å²) >= 11 is 0. The molecule has 0 aromatic heterocycles. The molecule has 5 heteroatoms. The third kappa shape index (κ3) is 5.47. The molecule has 0 amide bonds. The van der Waals surface area contributed by atoms with Gasteiger partial charge in [-0.25, -0.2) is 0 Å². The van der Waals surface area contributed by atoms with Crippen LogP contribution in [0.4, 0.5) is 0 Å². The molecule has 112 valence electrons. The van der Waals surface area contributed by atoms with Crippen molar-refractivity contribution in [3.8, 4) is 0 Å². The van der Waals surface area contributed by atoms with Crippen LogP contribution in [0.25, 0.3) is 0 Å². The second-order valence-corrected chi connectivity index (χ2v) is 5.81. The molecule has 1 aliphatic heterocycles. The Morgan fingerprint density at radius 3 is 2.47 bits per heavy atom. The first-order chi connectivity index (χ1) is 8.98. The average Bonchev–Trinajstić information content (AvgIpc) is 2.38. The highest BCUT2D eigenvalue weighted by molar-refractivity contribution is 5.78. The Labute approximate surface area is 117 Å². The van der Waals surface area contributed by atoms with E-state index in [1.807, 2.05) is 0 Å². The first-order valence-corrected chi connectivity index (χ1v) is 7.37. The van der Waals surface area contributed by atoms with Crippen LogP contribution in [0.2, 0.25) is 0 Å². The van der Waals surface area contributed by atoms with Crippen molar-refractivity contribution in [1.29, 1.82) is 0 Å². The van der Waals surface area contributed by atoms with Gasteiger partial charge in [0.25, 0.3) is 0 Å². The zero-order valence-electron chi connectivity index (χ0n) is 12.6. The van der Waals surface area contributed by atoms with Gasteiger partial charge in [-0.05, 0) is 46.3 Å². The Bertz CT molecular complexity index is 278. The van der Waals surface area contributed by atoms with Crippen molar-refractivity contribution in [2.45, 2.75) is 38.6 Å². The number of nitrogens with zero attached hydrogens (tertiary/aromatic N) is 2. The van der Waals surface area contributed by atoms with Crippen molar-refractivity contribution in [2.75, 3.05) is 46.3 Å². The molecule has 1 heterocycles. The molecular formula is C14H29N3O2. The fourth-order valence-corrected chi connectivity index (χ4v) is 2.40. The Hall–Kier alpha value is -0.650. The summed E-state index contributed by atoms with van der Waals surface area (Å²) in [6, 6.07) is 0.